The molecule has 3 N–H and O–H groups in total. The van der Waals surface area contributed by atoms with E-state index in [2.05, 4.69) is 6.92 Å². The topological polar surface area (TPSA) is 60.7 Å². The van der Waals surface area contributed by atoms with E-state index in [1.807, 2.05) is 0 Å². The Hall–Kier alpha value is -0.120. The molecule has 122 valence electrons. The van der Waals surface area contributed by atoms with Gasteiger partial charge in [0, 0.05) is 0 Å². The molecule has 0 aromatic carbocycles. The van der Waals surface area contributed by atoms with Crippen LogP contribution >= 0.6 is 0 Å². The molecule has 0 aliphatic heterocycles. The highest BCUT2D eigenvalue weighted by Gasteiger charge is 2.23. The summed E-state index contributed by atoms with van der Waals surface area (Å²) in [6.45, 7) is 1.56. The van der Waals surface area contributed by atoms with Crippen LogP contribution in [-0.2, 0) is 0 Å². The van der Waals surface area contributed by atoms with E-state index in [4.69, 9.17) is 10.2 Å². The molecule has 0 aromatic heterocycles. The molecule has 0 aliphatic rings. The predicted octanol–water partition coefficient (Wildman–Crippen LogP) is 3.79. The smallest absolute Gasteiger partial charge is 0.111 e. The summed E-state index contributed by atoms with van der Waals surface area (Å²) in [6, 6.07) is 0. The minimum Gasteiger partial charge on any atom is -0.393 e. The molecule has 0 saturated carbocycles. The minimum absolute atomic E-state index is 0.346. The molecule has 0 spiro atoms. The maximum absolute atomic E-state index is 9.69. The summed E-state index contributed by atoms with van der Waals surface area (Å²) in [5, 5.41) is 27.6. The SMILES string of the molecule is CCCCCCCCCCCCCCC(O)(CO)CO. The summed E-state index contributed by atoms with van der Waals surface area (Å²) in [5.74, 6) is 0. The second-order valence-electron chi connectivity index (χ2n) is 6.18. The molecule has 3 nitrogen and oxygen atoms in total. The van der Waals surface area contributed by atoms with Gasteiger partial charge in [-0.25, -0.2) is 0 Å². The fourth-order valence-electron chi connectivity index (χ4n) is 2.50. The predicted molar refractivity (Wildman–Crippen MR) is 84.8 cm³/mol. The fraction of sp³-hybridized carbons (Fsp3) is 1.00. The maximum atomic E-state index is 9.69. The van der Waals surface area contributed by atoms with Crippen LogP contribution in [0, 0.1) is 0 Å². The van der Waals surface area contributed by atoms with Crippen molar-refractivity contribution in [2.75, 3.05) is 13.2 Å². The van der Waals surface area contributed by atoms with Gasteiger partial charge in [0.05, 0.1) is 13.2 Å². The van der Waals surface area contributed by atoms with E-state index in [1.54, 1.807) is 0 Å². The molecule has 0 atom stereocenters. The molecular formula is C17H36O3. The summed E-state index contributed by atoms with van der Waals surface area (Å²) < 4.78 is 0. The Morgan fingerprint density at radius 1 is 0.600 bits per heavy atom. The fourth-order valence-corrected chi connectivity index (χ4v) is 2.50. The summed E-state index contributed by atoms with van der Waals surface area (Å²) in [6.07, 6.45) is 15.9. The van der Waals surface area contributed by atoms with E-state index in [-0.39, 0.29) is 13.2 Å². The van der Waals surface area contributed by atoms with Crippen LogP contribution in [0.25, 0.3) is 0 Å². The van der Waals surface area contributed by atoms with E-state index in [0.717, 1.165) is 12.8 Å². The van der Waals surface area contributed by atoms with Gasteiger partial charge in [-0.15, -0.1) is 0 Å². The summed E-state index contributed by atoms with van der Waals surface area (Å²) >= 11 is 0. The molecule has 0 heterocycles. The maximum Gasteiger partial charge on any atom is 0.111 e. The van der Waals surface area contributed by atoms with Gasteiger partial charge >= 0.3 is 0 Å². The van der Waals surface area contributed by atoms with Gasteiger partial charge < -0.3 is 15.3 Å². The first kappa shape index (κ1) is 19.9. The van der Waals surface area contributed by atoms with Crippen molar-refractivity contribution < 1.29 is 15.3 Å². The molecule has 0 bridgehead atoms. The zero-order valence-corrected chi connectivity index (χ0v) is 13.4. The lowest BCUT2D eigenvalue weighted by molar-refractivity contribution is -0.0616. The van der Waals surface area contributed by atoms with E-state index in [9.17, 15) is 5.11 Å². The number of unbranched alkanes of at least 4 members (excludes halogenated alkanes) is 11. The van der Waals surface area contributed by atoms with Gasteiger partial charge in [-0.05, 0) is 6.42 Å². The first-order valence-corrected chi connectivity index (χ1v) is 8.62. The zero-order valence-electron chi connectivity index (χ0n) is 13.4. The van der Waals surface area contributed by atoms with Gasteiger partial charge in [-0.2, -0.15) is 0 Å². The van der Waals surface area contributed by atoms with Gasteiger partial charge in [-0.3, -0.25) is 0 Å². The van der Waals surface area contributed by atoms with Crippen molar-refractivity contribution in [3.05, 3.63) is 0 Å². The Morgan fingerprint density at radius 2 is 0.950 bits per heavy atom. The number of aliphatic hydroxyl groups is 3. The first-order valence-electron chi connectivity index (χ1n) is 8.62. The Morgan fingerprint density at radius 3 is 1.30 bits per heavy atom. The Labute approximate surface area is 125 Å². The van der Waals surface area contributed by atoms with Crippen LogP contribution in [0.4, 0.5) is 0 Å². The number of hydrogen-bond acceptors (Lipinski definition) is 3. The lowest BCUT2D eigenvalue weighted by Gasteiger charge is -2.22. The van der Waals surface area contributed by atoms with E-state index < -0.39 is 5.60 Å². The van der Waals surface area contributed by atoms with Gasteiger partial charge in [0.1, 0.15) is 5.60 Å². The molecular weight excluding hydrogens is 252 g/mol. The van der Waals surface area contributed by atoms with Crippen molar-refractivity contribution in [3.63, 3.8) is 0 Å². The quantitative estimate of drug-likeness (QED) is 0.402. The summed E-state index contributed by atoms with van der Waals surface area (Å²) in [7, 11) is 0. The Balaban J connectivity index is 3.17. The molecule has 3 heteroatoms. The lowest BCUT2D eigenvalue weighted by Crippen LogP contribution is -2.37. The molecule has 20 heavy (non-hydrogen) atoms. The average Bonchev–Trinajstić information content (AvgIpc) is 2.48. The zero-order chi connectivity index (χ0) is 15.1. The van der Waals surface area contributed by atoms with Gasteiger partial charge in [0.15, 0.2) is 0 Å². The molecule has 0 aliphatic carbocycles. The highest BCUT2D eigenvalue weighted by molar-refractivity contribution is 4.75. The molecule has 0 radical (unpaired) electrons. The van der Waals surface area contributed by atoms with Crippen LogP contribution in [0.5, 0.6) is 0 Å². The van der Waals surface area contributed by atoms with Crippen molar-refractivity contribution in [3.8, 4) is 0 Å². The normalized spacial score (nSPS) is 12.0. The van der Waals surface area contributed by atoms with Crippen LogP contribution in [0.3, 0.4) is 0 Å². The monoisotopic (exact) mass is 288 g/mol. The molecule has 0 unspecified atom stereocenters. The Kier molecular flexibility index (Phi) is 13.8. The van der Waals surface area contributed by atoms with Crippen molar-refractivity contribution in [2.45, 2.75) is 96.0 Å². The molecule has 0 rings (SSSR count). The molecule has 0 amide bonds. The summed E-state index contributed by atoms with van der Waals surface area (Å²) in [5.41, 5.74) is -1.27. The summed E-state index contributed by atoms with van der Waals surface area (Å²) in [4.78, 5) is 0. The van der Waals surface area contributed by atoms with Crippen LogP contribution in [0.15, 0.2) is 0 Å². The van der Waals surface area contributed by atoms with Gasteiger partial charge in [0.2, 0.25) is 0 Å². The van der Waals surface area contributed by atoms with Crippen LogP contribution in [-0.4, -0.2) is 34.1 Å². The lowest BCUT2D eigenvalue weighted by atomic mass is 9.97. The number of rotatable bonds is 15. The van der Waals surface area contributed by atoms with Gasteiger partial charge in [0.25, 0.3) is 0 Å². The molecule has 0 aromatic rings. The molecule has 0 fully saturated rings. The van der Waals surface area contributed by atoms with Crippen molar-refractivity contribution in [1.29, 1.82) is 0 Å². The largest absolute Gasteiger partial charge is 0.393 e. The minimum atomic E-state index is -1.27. The number of aliphatic hydroxyl groups excluding tert-OH is 2. The van der Waals surface area contributed by atoms with Gasteiger partial charge in [-0.1, -0.05) is 84.0 Å². The molecule has 0 saturated heterocycles. The van der Waals surface area contributed by atoms with E-state index >= 15 is 0 Å². The second-order valence-corrected chi connectivity index (χ2v) is 6.18. The first-order chi connectivity index (χ1) is 9.68. The average molecular weight is 288 g/mol. The van der Waals surface area contributed by atoms with Crippen molar-refractivity contribution in [1.82, 2.24) is 0 Å². The third-order valence-corrected chi connectivity index (χ3v) is 4.08. The van der Waals surface area contributed by atoms with Crippen LogP contribution in [0.1, 0.15) is 90.4 Å². The van der Waals surface area contributed by atoms with E-state index in [1.165, 1.54) is 64.2 Å². The second kappa shape index (κ2) is 13.8. The van der Waals surface area contributed by atoms with Crippen LogP contribution < -0.4 is 0 Å². The van der Waals surface area contributed by atoms with Crippen molar-refractivity contribution >= 4 is 0 Å². The number of hydrogen-bond donors (Lipinski definition) is 3. The van der Waals surface area contributed by atoms with E-state index in [0.29, 0.717) is 6.42 Å². The van der Waals surface area contributed by atoms with Crippen molar-refractivity contribution in [2.24, 2.45) is 0 Å². The highest BCUT2D eigenvalue weighted by atomic mass is 16.4. The van der Waals surface area contributed by atoms with Crippen LogP contribution in [0.2, 0.25) is 0 Å². The standard InChI is InChI=1S/C17H36O3/c1-2-3-4-5-6-7-8-9-10-11-12-13-14-17(20,15-18)16-19/h18-20H,2-16H2,1H3. The third kappa shape index (κ3) is 11.7. The Bertz CT molecular complexity index is 191. The highest BCUT2D eigenvalue weighted by Crippen LogP contribution is 2.16. The third-order valence-electron chi connectivity index (χ3n) is 4.08.